The number of carboxylic acids is 1. The van der Waals surface area contributed by atoms with Crippen molar-refractivity contribution in [3.05, 3.63) is 40.1 Å². The molecule has 1 N–H and O–H groups in total. The van der Waals surface area contributed by atoms with Crippen molar-refractivity contribution >= 4 is 39.6 Å². The van der Waals surface area contributed by atoms with Gasteiger partial charge in [-0.15, -0.1) is 0 Å². The number of pyridine rings is 1. The third-order valence-electron chi connectivity index (χ3n) is 2.99. The fourth-order valence-electron chi connectivity index (χ4n) is 2.09. The van der Waals surface area contributed by atoms with Gasteiger partial charge in [-0.05, 0) is 28.7 Å². The lowest BCUT2D eigenvalue weighted by molar-refractivity contribution is 0.0697. The molecular formula is C13H9IN4O3. The maximum atomic E-state index is 11.4. The molecule has 3 aromatic rings. The average Bonchev–Trinajstić information content (AvgIpc) is 2.84. The highest BCUT2D eigenvalue weighted by Crippen LogP contribution is 2.30. The third kappa shape index (κ3) is 2.20. The van der Waals surface area contributed by atoms with Crippen molar-refractivity contribution in [3.63, 3.8) is 0 Å². The fraction of sp³-hybridized carbons (Fsp3) is 0.0769. The van der Waals surface area contributed by atoms with Crippen molar-refractivity contribution in [2.45, 2.75) is 0 Å². The Hall–Kier alpha value is -2.23. The van der Waals surface area contributed by atoms with Crippen LogP contribution < -0.4 is 4.74 Å². The maximum Gasteiger partial charge on any atom is 0.337 e. The molecule has 0 fully saturated rings. The van der Waals surface area contributed by atoms with E-state index in [9.17, 15) is 9.90 Å². The summed E-state index contributed by atoms with van der Waals surface area (Å²) in [6.45, 7) is 0. The number of nitrogens with zero attached hydrogens (tertiary/aromatic N) is 4. The third-order valence-corrected chi connectivity index (χ3v) is 3.80. The highest BCUT2D eigenvalue weighted by molar-refractivity contribution is 14.1. The summed E-state index contributed by atoms with van der Waals surface area (Å²) < 4.78 is 7.77. The lowest BCUT2D eigenvalue weighted by Crippen LogP contribution is -2.05. The van der Waals surface area contributed by atoms with Crippen molar-refractivity contribution in [2.24, 2.45) is 0 Å². The van der Waals surface area contributed by atoms with Crippen LogP contribution >= 0.6 is 22.6 Å². The van der Waals surface area contributed by atoms with E-state index in [2.05, 4.69) is 37.5 Å². The summed E-state index contributed by atoms with van der Waals surface area (Å²) in [5, 5.41) is 10.0. The number of carbonyl (C=O) groups is 1. The number of hydrogen-bond acceptors (Lipinski definition) is 5. The second-order valence-corrected chi connectivity index (χ2v) is 5.29. The van der Waals surface area contributed by atoms with Gasteiger partial charge in [0.15, 0.2) is 5.65 Å². The van der Waals surface area contributed by atoms with E-state index in [1.807, 2.05) is 0 Å². The van der Waals surface area contributed by atoms with Gasteiger partial charge in [0.1, 0.15) is 6.33 Å². The molecular weight excluding hydrogens is 387 g/mol. The van der Waals surface area contributed by atoms with Crippen LogP contribution in [0, 0.1) is 3.57 Å². The molecule has 0 unspecified atom stereocenters. The SMILES string of the molecule is COc1ncnc2c1c(I)cn2-c1cnccc1C(=O)O. The summed E-state index contributed by atoms with van der Waals surface area (Å²) in [4.78, 5) is 23.7. The van der Waals surface area contributed by atoms with E-state index in [4.69, 9.17) is 4.74 Å². The molecule has 0 atom stereocenters. The Kier molecular flexibility index (Phi) is 3.45. The molecule has 7 nitrogen and oxygen atoms in total. The van der Waals surface area contributed by atoms with E-state index in [0.717, 1.165) is 8.96 Å². The van der Waals surface area contributed by atoms with Gasteiger partial charge in [0.2, 0.25) is 5.88 Å². The summed E-state index contributed by atoms with van der Waals surface area (Å²) in [7, 11) is 1.53. The predicted molar refractivity (Wildman–Crippen MR) is 82.9 cm³/mol. The molecule has 0 spiro atoms. The number of methoxy groups -OCH3 is 1. The second-order valence-electron chi connectivity index (χ2n) is 4.13. The smallest absolute Gasteiger partial charge is 0.337 e. The largest absolute Gasteiger partial charge is 0.480 e. The Bertz CT molecular complexity index is 847. The van der Waals surface area contributed by atoms with Crippen molar-refractivity contribution in [2.75, 3.05) is 7.11 Å². The van der Waals surface area contributed by atoms with Crippen molar-refractivity contribution in [1.29, 1.82) is 0 Å². The van der Waals surface area contributed by atoms with Crippen LogP contribution in [-0.4, -0.2) is 37.7 Å². The Balaban J connectivity index is 2.35. The minimum Gasteiger partial charge on any atom is -0.480 e. The molecule has 106 valence electrons. The van der Waals surface area contributed by atoms with Crippen LogP contribution in [0.3, 0.4) is 0 Å². The van der Waals surface area contributed by atoms with Crippen LogP contribution in [0.4, 0.5) is 0 Å². The molecule has 8 heteroatoms. The summed E-state index contributed by atoms with van der Waals surface area (Å²) in [6, 6.07) is 1.45. The van der Waals surface area contributed by atoms with E-state index in [1.54, 1.807) is 10.8 Å². The molecule has 3 aromatic heterocycles. The molecule has 0 aliphatic carbocycles. The fourth-order valence-corrected chi connectivity index (χ4v) is 2.84. The van der Waals surface area contributed by atoms with Crippen LogP contribution in [-0.2, 0) is 0 Å². The zero-order valence-corrected chi connectivity index (χ0v) is 13.0. The van der Waals surface area contributed by atoms with Crippen LogP contribution in [0.1, 0.15) is 10.4 Å². The quantitative estimate of drug-likeness (QED) is 0.683. The van der Waals surface area contributed by atoms with Gasteiger partial charge >= 0.3 is 5.97 Å². The first-order chi connectivity index (χ1) is 10.1. The molecule has 0 radical (unpaired) electrons. The zero-order valence-electron chi connectivity index (χ0n) is 10.8. The van der Waals surface area contributed by atoms with Gasteiger partial charge in [-0.1, -0.05) is 0 Å². The zero-order chi connectivity index (χ0) is 15.0. The first-order valence-electron chi connectivity index (χ1n) is 5.86. The molecule has 0 saturated carbocycles. The first-order valence-corrected chi connectivity index (χ1v) is 6.94. The van der Waals surface area contributed by atoms with E-state index in [-0.39, 0.29) is 5.56 Å². The van der Waals surface area contributed by atoms with Gasteiger partial charge in [0.05, 0.1) is 29.9 Å². The number of carboxylic acid groups (broad SMARTS) is 1. The average molecular weight is 396 g/mol. The summed E-state index contributed by atoms with van der Waals surface area (Å²) in [5.74, 6) is -0.575. The normalized spacial score (nSPS) is 10.8. The standard InChI is InChI=1S/C13H9IN4O3/c1-21-12-10-8(14)5-18(11(10)16-6-17-12)9-4-15-3-2-7(9)13(19)20/h2-6H,1H3,(H,19,20). The molecule has 3 heterocycles. The van der Waals surface area contributed by atoms with Gasteiger partial charge < -0.3 is 9.84 Å². The molecule has 21 heavy (non-hydrogen) atoms. The summed E-state index contributed by atoms with van der Waals surface area (Å²) in [5.41, 5.74) is 1.16. The minimum absolute atomic E-state index is 0.149. The van der Waals surface area contributed by atoms with Gasteiger partial charge in [-0.2, -0.15) is 0 Å². The maximum absolute atomic E-state index is 11.4. The lowest BCUT2D eigenvalue weighted by atomic mass is 10.2. The highest BCUT2D eigenvalue weighted by atomic mass is 127. The first kappa shape index (κ1) is 13.7. The number of aromatic carboxylic acids is 1. The monoisotopic (exact) mass is 396 g/mol. The molecule has 0 amide bonds. The highest BCUT2D eigenvalue weighted by Gasteiger charge is 2.18. The number of ether oxygens (including phenoxy) is 1. The molecule has 0 aromatic carbocycles. The molecule has 0 aliphatic heterocycles. The van der Waals surface area contributed by atoms with E-state index in [1.165, 1.54) is 31.9 Å². The topological polar surface area (TPSA) is 90.1 Å². The molecule has 3 rings (SSSR count). The van der Waals surface area contributed by atoms with Crippen molar-refractivity contribution in [1.82, 2.24) is 19.5 Å². The van der Waals surface area contributed by atoms with Crippen LogP contribution in [0.2, 0.25) is 0 Å². The summed E-state index contributed by atoms with van der Waals surface area (Å²) in [6.07, 6.45) is 6.10. The van der Waals surface area contributed by atoms with Gasteiger partial charge in [-0.25, -0.2) is 14.8 Å². The van der Waals surface area contributed by atoms with E-state index >= 15 is 0 Å². The van der Waals surface area contributed by atoms with E-state index in [0.29, 0.717) is 17.2 Å². The molecule has 0 bridgehead atoms. The molecule has 0 aliphatic rings. The van der Waals surface area contributed by atoms with Crippen LogP contribution in [0.25, 0.3) is 16.7 Å². The van der Waals surface area contributed by atoms with Gasteiger partial charge in [0.25, 0.3) is 0 Å². The predicted octanol–water partition coefficient (Wildman–Crippen LogP) is 2.13. The Morgan fingerprint density at radius 2 is 2.24 bits per heavy atom. The minimum atomic E-state index is -1.02. The number of halogens is 1. The van der Waals surface area contributed by atoms with Crippen LogP contribution in [0.15, 0.2) is 31.0 Å². The Morgan fingerprint density at radius 3 is 2.95 bits per heavy atom. The Morgan fingerprint density at radius 1 is 1.43 bits per heavy atom. The van der Waals surface area contributed by atoms with Crippen molar-refractivity contribution < 1.29 is 14.6 Å². The van der Waals surface area contributed by atoms with Gasteiger partial charge in [0, 0.05) is 16.0 Å². The number of hydrogen-bond donors (Lipinski definition) is 1. The number of fused-ring (bicyclic) bond motifs is 1. The van der Waals surface area contributed by atoms with E-state index < -0.39 is 5.97 Å². The summed E-state index contributed by atoms with van der Waals surface area (Å²) >= 11 is 2.14. The number of aromatic nitrogens is 4. The lowest BCUT2D eigenvalue weighted by Gasteiger charge is -2.07. The van der Waals surface area contributed by atoms with Crippen LogP contribution in [0.5, 0.6) is 5.88 Å². The van der Waals surface area contributed by atoms with Gasteiger partial charge in [-0.3, -0.25) is 9.55 Å². The number of rotatable bonds is 3. The second kappa shape index (κ2) is 5.28. The Labute approximate surface area is 132 Å². The van der Waals surface area contributed by atoms with Crippen molar-refractivity contribution in [3.8, 4) is 11.6 Å². The molecule has 0 saturated heterocycles.